The number of alkyl halides is 1. The zero-order valence-corrected chi connectivity index (χ0v) is 22.0. The number of hydrogen-bond acceptors (Lipinski definition) is 6. The second kappa shape index (κ2) is 10.5. The topological polar surface area (TPSA) is 107 Å². The quantitative estimate of drug-likeness (QED) is 0.241. The van der Waals surface area contributed by atoms with Gasteiger partial charge in [-0.05, 0) is 49.9 Å². The lowest BCUT2D eigenvalue weighted by Crippen LogP contribution is -2.55. The molecule has 3 aliphatic rings. The minimum absolute atomic E-state index is 0.0668. The molecule has 35 heavy (non-hydrogen) atoms. The lowest BCUT2D eigenvalue weighted by molar-refractivity contribution is -0.148. The minimum Gasteiger partial charge on any atom is -0.497 e. The van der Waals surface area contributed by atoms with Crippen molar-refractivity contribution in [3.8, 4) is 5.75 Å². The Balaban J connectivity index is 1.74. The van der Waals surface area contributed by atoms with Gasteiger partial charge in [0.05, 0.1) is 23.7 Å². The number of likely N-dealkylation sites (tertiary alicyclic amines) is 1. The Bertz CT molecular complexity index is 991. The predicted molar refractivity (Wildman–Crippen MR) is 138 cm³/mol. The molecule has 1 aromatic carbocycles. The van der Waals surface area contributed by atoms with Crippen molar-refractivity contribution < 1.29 is 29.3 Å². The summed E-state index contributed by atoms with van der Waals surface area (Å²) in [6, 6.07) is 6.36. The van der Waals surface area contributed by atoms with E-state index in [2.05, 4.69) is 22.5 Å². The SMILES string of the molecule is C=CCN(C(=O)C1N(CCCCCO)C(=O)[C@@H]2[C@@H](C(=O)O)[C@@H]3SC12CC3Br)c1ccc(OC)cc1. The highest BCUT2D eigenvalue weighted by Gasteiger charge is 2.76. The van der Waals surface area contributed by atoms with Crippen LogP contribution in [-0.2, 0) is 14.4 Å². The Labute approximate surface area is 217 Å². The molecule has 3 fully saturated rings. The molecule has 4 rings (SSSR count). The molecule has 2 N–H and O–H groups in total. The van der Waals surface area contributed by atoms with Crippen molar-refractivity contribution in [3.63, 3.8) is 0 Å². The molecule has 1 aromatic rings. The number of aliphatic hydroxyl groups is 1. The van der Waals surface area contributed by atoms with E-state index in [0.717, 1.165) is 0 Å². The maximum atomic E-state index is 14.3. The van der Waals surface area contributed by atoms with Crippen molar-refractivity contribution in [2.75, 3.05) is 31.7 Å². The van der Waals surface area contributed by atoms with Crippen molar-refractivity contribution in [2.24, 2.45) is 11.8 Å². The van der Waals surface area contributed by atoms with Crippen LogP contribution in [0.5, 0.6) is 5.75 Å². The number of unbranched alkanes of at least 4 members (excludes halogenated alkanes) is 2. The molecule has 8 nitrogen and oxygen atoms in total. The first-order chi connectivity index (χ1) is 16.8. The second-order valence-electron chi connectivity index (χ2n) is 9.25. The van der Waals surface area contributed by atoms with E-state index >= 15 is 0 Å². The molecule has 0 aliphatic carbocycles. The Morgan fingerprint density at radius 2 is 2.03 bits per heavy atom. The van der Waals surface area contributed by atoms with Gasteiger partial charge in [-0.15, -0.1) is 18.3 Å². The van der Waals surface area contributed by atoms with E-state index in [1.165, 1.54) is 11.8 Å². The molecule has 2 amide bonds. The summed E-state index contributed by atoms with van der Waals surface area (Å²) >= 11 is 5.15. The van der Waals surface area contributed by atoms with Gasteiger partial charge in [0.15, 0.2) is 0 Å². The highest BCUT2D eigenvalue weighted by atomic mass is 79.9. The standard InChI is InChI=1S/C25H31BrN2O6S/c1-3-11-27(15-7-9-16(34-2)10-8-15)23(31)21-25-14-17(26)20(35-25)18(24(32)33)19(25)22(30)28(21)12-5-4-6-13-29/h3,7-10,17-21,29H,1,4-6,11-14H2,2H3,(H,32,33)/t17?,18-,19+,20-,21?,25?/m1/s1. The number of thioether (sulfide) groups is 1. The summed E-state index contributed by atoms with van der Waals surface area (Å²) in [6.07, 6.45) is 4.16. The van der Waals surface area contributed by atoms with Gasteiger partial charge < -0.3 is 24.7 Å². The molecule has 2 bridgehead atoms. The highest BCUT2D eigenvalue weighted by molar-refractivity contribution is 9.09. The lowest BCUT2D eigenvalue weighted by Gasteiger charge is -2.37. The molecule has 6 atom stereocenters. The summed E-state index contributed by atoms with van der Waals surface area (Å²) in [5.41, 5.74) is 0.658. The number of hydrogen-bond donors (Lipinski definition) is 2. The number of aliphatic carboxylic acids is 1. The third-order valence-electron chi connectivity index (χ3n) is 7.33. The number of methoxy groups -OCH3 is 1. The lowest BCUT2D eigenvalue weighted by atomic mass is 9.71. The van der Waals surface area contributed by atoms with Crippen LogP contribution in [0.25, 0.3) is 0 Å². The van der Waals surface area contributed by atoms with Crippen molar-refractivity contribution >= 4 is 51.2 Å². The average Bonchev–Trinajstić information content (AvgIpc) is 3.43. The summed E-state index contributed by atoms with van der Waals surface area (Å²) < 4.78 is 4.44. The molecular formula is C25H31BrN2O6S. The van der Waals surface area contributed by atoms with Crippen LogP contribution in [0.15, 0.2) is 36.9 Å². The first-order valence-electron chi connectivity index (χ1n) is 11.8. The summed E-state index contributed by atoms with van der Waals surface area (Å²) in [4.78, 5) is 43.5. The number of carbonyl (C=O) groups excluding carboxylic acids is 2. The molecular weight excluding hydrogens is 536 g/mol. The largest absolute Gasteiger partial charge is 0.497 e. The Morgan fingerprint density at radius 1 is 1.31 bits per heavy atom. The third kappa shape index (κ3) is 4.38. The fourth-order valence-electron chi connectivity index (χ4n) is 5.86. The second-order valence-corrected chi connectivity index (χ2v) is 12.0. The van der Waals surface area contributed by atoms with E-state index < -0.39 is 28.6 Å². The van der Waals surface area contributed by atoms with Gasteiger partial charge in [0, 0.05) is 35.5 Å². The van der Waals surface area contributed by atoms with Crippen LogP contribution in [0.4, 0.5) is 5.69 Å². The van der Waals surface area contributed by atoms with Crippen LogP contribution in [-0.4, -0.2) is 80.6 Å². The molecule has 0 saturated carbocycles. The number of carboxylic acid groups (broad SMARTS) is 1. The molecule has 1 spiro atoms. The Kier molecular flexibility index (Phi) is 7.83. The maximum absolute atomic E-state index is 14.3. The van der Waals surface area contributed by atoms with Gasteiger partial charge in [0.1, 0.15) is 11.8 Å². The number of aliphatic hydroxyl groups excluding tert-OH is 1. The van der Waals surface area contributed by atoms with Crippen molar-refractivity contribution in [1.82, 2.24) is 4.90 Å². The minimum atomic E-state index is -0.988. The number of carbonyl (C=O) groups is 3. The van der Waals surface area contributed by atoms with Gasteiger partial charge in [-0.25, -0.2) is 0 Å². The number of carboxylic acids is 1. The molecule has 3 aliphatic heterocycles. The van der Waals surface area contributed by atoms with Gasteiger partial charge >= 0.3 is 5.97 Å². The van der Waals surface area contributed by atoms with E-state index in [4.69, 9.17) is 9.84 Å². The Hall–Kier alpha value is -2.04. The van der Waals surface area contributed by atoms with Gasteiger partial charge in [0.25, 0.3) is 5.91 Å². The van der Waals surface area contributed by atoms with Crippen LogP contribution in [0.1, 0.15) is 25.7 Å². The summed E-state index contributed by atoms with van der Waals surface area (Å²) in [7, 11) is 1.57. The number of benzene rings is 1. The monoisotopic (exact) mass is 566 g/mol. The zero-order valence-electron chi connectivity index (χ0n) is 19.6. The van der Waals surface area contributed by atoms with E-state index in [-0.39, 0.29) is 35.0 Å². The van der Waals surface area contributed by atoms with E-state index in [0.29, 0.717) is 43.7 Å². The number of rotatable bonds is 11. The first-order valence-corrected chi connectivity index (χ1v) is 13.6. The van der Waals surface area contributed by atoms with Gasteiger partial charge in [0.2, 0.25) is 5.91 Å². The number of halogens is 1. The fourth-order valence-corrected chi connectivity index (χ4v) is 9.46. The Morgan fingerprint density at radius 3 is 2.63 bits per heavy atom. The van der Waals surface area contributed by atoms with Crippen molar-refractivity contribution in [3.05, 3.63) is 36.9 Å². The molecule has 10 heteroatoms. The van der Waals surface area contributed by atoms with Crippen LogP contribution in [0.2, 0.25) is 0 Å². The number of nitrogens with zero attached hydrogens (tertiary/aromatic N) is 2. The van der Waals surface area contributed by atoms with E-state index in [1.807, 2.05) is 0 Å². The first kappa shape index (κ1) is 26.0. The van der Waals surface area contributed by atoms with E-state index in [1.54, 1.807) is 47.3 Å². The fraction of sp³-hybridized carbons (Fsp3) is 0.560. The molecule has 0 aromatic heterocycles. The van der Waals surface area contributed by atoms with Crippen molar-refractivity contribution in [2.45, 2.75) is 46.5 Å². The van der Waals surface area contributed by atoms with Gasteiger partial charge in [-0.1, -0.05) is 22.0 Å². The maximum Gasteiger partial charge on any atom is 0.308 e. The van der Waals surface area contributed by atoms with Crippen LogP contribution in [0, 0.1) is 11.8 Å². The number of anilines is 1. The molecule has 3 heterocycles. The summed E-state index contributed by atoms with van der Waals surface area (Å²) in [5.74, 6) is -2.38. The number of ether oxygens (including phenoxy) is 1. The van der Waals surface area contributed by atoms with Crippen LogP contribution >= 0.6 is 27.7 Å². The number of amides is 2. The highest BCUT2D eigenvalue weighted by Crippen LogP contribution is 2.67. The molecule has 3 unspecified atom stereocenters. The molecule has 190 valence electrons. The van der Waals surface area contributed by atoms with Gasteiger partial charge in [-0.3, -0.25) is 14.4 Å². The van der Waals surface area contributed by atoms with Gasteiger partial charge in [-0.2, -0.15) is 0 Å². The van der Waals surface area contributed by atoms with Crippen LogP contribution < -0.4 is 9.64 Å². The zero-order chi connectivity index (χ0) is 25.3. The summed E-state index contributed by atoms with van der Waals surface area (Å²) in [5, 5.41) is 18.9. The molecule has 3 saturated heterocycles. The van der Waals surface area contributed by atoms with Crippen LogP contribution in [0.3, 0.4) is 0 Å². The third-order valence-corrected chi connectivity index (χ3v) is 10.5. The van der Waals surface area contributed by atoms with Crippen molar-refractivity contribution in [1.29, 1.82) is 0 Å². The normalized spacial score (nSPS) is 30.9. The summed E-state index contributed by atoms with van der Waals surface area (Å²) in [6.45, 7) is 4.49. The predicted octanol–water partition coefficient (Wildman–Crippen LogP) is 2.93. The smallest absolute Gasteiger partial charge is 0.308 e. The van der Waals surface area contributed by atoms with E-state index in [9.17, 15) is 19.5 Å². The average molecular weight is 568 g/mol. The molecule has 0 radical (unpaired) electrons. The number of fused-ring (bicyclic) bond motifs is 1.